The summed E-state index contributed by atoms with van der Waals surface area (Å²) in [6.07, 6.45) is 0. The third kappa shape index (κ3) is 6.10. The van der Waals surface area contributed by atoms with Crippen LogP contribution in [0.25, 0.3) is 0 Å². The van der Waals surface area contributed by atoms with Gasteiger partial charge in [0.25, 0.3) is 11.6 Å². The van der Waals surface area contributed by atoms with E-state index in [0.29, 0.717) is 12.3 Å². The number of amides is 1. The summed E-state index contributed by atoms with van der Waals surface area (Å²) >= 11 is 1.67. The number of esters is 1. The van der Waals surface area contributed by atoms with E-state index < -0.39 is 16.8 Å². The summed E-state index contributed by atoms with van der Waals surface area (Å²) < 4.78 is 4.57. The number of rotatable bonds is 8. The number of ether oxygens (including phenoxy) is 1. The lowest BCUT2D eigenvalue weighted by atomic mass is 10.1. The first-order valence-corrected chi connectivity index (χ1v) is 9.35. The summed E-state index contributed by atoms with van der Waals surface area (Å²) in [6.45, 7) is 2.44. The lowest BCUT2D eigenvalue weighted by Crippen LogP contribution is -2.26. The number of hydrogen-bond acceptors (Lipinski definition) is 6. The van der Waals surface area contributed by atoms with E-state index in [4.69, 9.17) is 0 Å². The van der Waals surface area contributed by atoms with Crippen molar-refractivity contribution < 1.29 is 19.2 Å². The molecule has 2 rings (SSSR count). The van der Waals surface area contributed by atoms with Gasteiger partial charge in [0.15, 0.2) is 0 Å². The lowest BCUT2D eigenvalue weighted by molar-refractivity contribution is -0.384. The van der Waals surface area contributed by atoms with Gasteiger partial charge in [-0.25, -0.2) is 4.79 Å². The van der Waals surface area contributed by atoms with Crippen molar-refractivity contribution >= 4 is 29.3 Å². The number of carbonyl (C=O) groups excluding carboxylic acids is 2. The number of benzene rings is 2. The molecular formula is C19H20N2O5S. The summed E-state index contributed by atoms with van der Waals surface area (Å²) in [7, 11) is 1.17. The SMILES string of the molecule is COC(=O)c1cc(C(=O)NCCSCc2ccc(C)cc2)cc([N+](=O)[O-])c1. The predicted molar refractivity (Wildman–Crippen MR) is 104 cm³/mol. The Balaban J connectivity index is 1.91. The largest absolute Gasteiger partial charge is 0.465 e. The first-order valence-electron chi connectivity index (χ1n) is 8.20. The van der Waals surface area contributed by atoms with Crippen molar-refractivity contribution in [2.24, 2.45) is 0 Å². The summed E-state index contributed by atoms with van der Waals surface area (Å²) in [5.41, 5.74) is 2.09. The van der Waals surface area contributed by atoms with Crippen LogP contribution in [-0.4, -0.2) is 36.2 Å². The predicted octanol–water partition coefficient (Wildman–Crippen LogP) is 3.35. The van der Waals surface area contributed by atoms with Crippen molar-refractivity contribution in [1.82, 2.24) is 5.32 Å². The van der Waals surface area contributed by atoms with Gasteiger partial charge in [-0.05, 0) is 18.6 Å². The summed E-state index contributed by atoms with van der Waals surface area (Å²) in [6, 6.07) is 11.8. The number of carbonyl (C=O) groups is 2. The number of hydrogen-bond donors (Lipinski definition) is 1. The van der Waals surface area contributed by atoms with Gasteiger partial charge in [-0.15, -0.1) is 0 Å². The van der Waals surface area contributed by atoms with Crippen molar-refractivity contribution in [3.8, 4) is 0 Å². The van der Waals surface area contributed by atoms with Crippen molar-refractivity contribution in [3.63, 3.8) is 0 Å². The molecular weight excluding hydrogens is 368 g/mol. The Labute approximate surface area is 161 Å². The molecule has 1 N–H and O–H groups in total. The summed E-state index contributed by atoms with van der Waals surface area (Å²) in [5, 5.41) is 13.7. The van der Waals surface area contributed by atoms with Gasteiger partial charge < -0.3 is 10.1 Å². The molecule has 0 aliphatic heterocycles. The molecule has 8 heteroatoms. The lowest BCUT2D eigenvalue weighted by Gasteiger charge is -2.07. The molecule has 27 heavy (non-hydrogen) atoms. The van der Waals surface area contributed by atoms with E-state index in [1.54, 1.807) is 11.8 Å². The molecule has 0 heterocycles. The number of nitro groups is 1. The molecule has 0 atom stereocenters. The van der Waals surface area contributed by atoms with Crippen LogP contribution < -0.4 is 5.32 Å². The second-order valence-corrected chi connectivity index (χ2v) is 6.92. The minimum Gasteiger partial charge on any atom is -0.465 e. The number of non-ortho nitro benzene ring substituents is 1. The Kier molecular flexibility index (Phi) is 7.36. The molecule has 2 aromatic carbocycles. The maximum Gasteiger partial charge on any atom is 0.338 e. The van der Waals surface area contributed by atoms with Gasteiger partial charge in [0.1, 0.15) is 0 Å². The second kappa shape index (κ2) is 9.72. The second-order valence-electron chi connectivity index (χ2n) is 5.81. The van der Waals surface area contributed by atoms with Crippen LogP contribution in [-0.2, 0) is 10.5 Å². The van der Waals surface area contributed by atoms with Crippen molar-refractivity contribution in [2.45, 2.75) is 12.7 Å². The normalized spacial score (nSPS) is 10.3. The van der Waals surface area contributed by atoms with Crippen molar-refractivity contribution in [3.05, 3.63) is 74.8 Å². The van der Waals surface area contributed by atoms with Crippen molar-refractivity contribution in [2.75, 3.05) is 19.4 Å². The van der Waals surface area contributed by atoms with E-state index in [2.05, 4.69) is 34.3 Å². The van der Waals surface area contributed by atoms with Gasteiger partial charge in [0, 0.05) is 35.7 Å². The monoisotopic (exact) mass is 388 g/mol. The zero-order valence-electron chi connectivity index (χ0n) is 15.1. The Hall–Kier alpha value is -2.87. The fraction of sp³-hybridized carbons (Fsp3) is 0.263. The van der Waals surface area contributed by atoms with E-state index >= 15 is 0 Å². The molecule has 0 spiro atoms. The van der Waals surface area contributed by atoms with Crippen LogP contribution >= 0.6 is 11.8 Å². The average molecular weight is 388 g/mol. The molecule has 142 valence electrons. The van der Waals surface area contributed by atoms with Crippen LogP contribution in [0.2, 0.25) is 0 Å². The van der Waals surface area contributed by atoms with E-state index in [9.17, 15) is 19.7 Å². The minimum absolute atomic E-state index is 0.0365. The fourth-order valence-electron chi connectivity index (χ4n) is 2.30. The third-order valence-electron chi connectivity index (χ3n) is 3.73. The highest BCUT2D eigenvalue weighted by Crippen LogP contribution is 2.18. The zero-order chi connectivity index (χ0) is 19.8. The Morgan fingerprint density at radius 2 is 1.81 bits per heavy atom. The maximum absolute atomic E-state index is 12.3. The van der Waals surface area contributed by atoms with Crippen molar-refractivity contribution in [1.29, 1.82) is 0 Å². The van der Waals surface area contributed by atoms with Crippen LogP contribution in [0.5, 0.6) is 0 Å². The van der Waals surface area contributed by atoms with Gasteiger partial charge in [-0.2, -0.15) is 11.8 Å². The Morgan fingerprint density at radius 1 is 1.15 bits per heavy atom. The number of nitrogens with zero attached hydrogens (tertiary/aromatic N) is 1. The first kappa shape index (κ1) is 20.4. The van der Waals surface area contributed by atoms with E-state index in [0.717, 1.165) is 17.9 Å². The molecule has 0 bridgehead atoms. The van der Waals surface area contributed by atoms with Gasteiger partial charge in [-0.1, -0.05) is 29.8 Å². The third-order valence-corrected chi connectivity index (χ3v) is 4.76. The molecule has 0 aliphatic carbocycles. The molecule has 0 saturated carbocycles. The molecule has 0 aliphatic rings. The van der Waals surface area contributed by atoms with Crippen LogP contribution in [0, 0.1) is 17.0 Å². The van der Waals surface area contributed by atoms with Crippen LogP contribution in [0.4, 0.5) is 5.69 Å². The smallest absolute Gasteiger partial charge is 0.338 e. The summed E-state index contributed by atoms with van der Waals surface area (Å²) in [4.78, 5) is 34.3. The highest BCUT2D eigenvalue weighted by Gasteiger charge is 2.18. The number of nitrogens with one attached hydrogen (secondary N) is 1. The maximum atomic E-state index is 12.3. The zero-order valence-corrected chi connectivity index (χ0v) is 15.9. The number of thioether (sulfide) groups is 1. The standard InChI is InChI=1S/C19H20N2O5S/c1-13-3-5-14(6-4-13)12-27-8-7-20-18(22)15-9-16(19(23)26-2)11-17(10-15)21(24)25/h3-6,9-11H,7-8,12H2,1-2H3,(H,20,22). The Bertz CT molecular complexity index is 836. The minimum atomic E-state index is -0.735. The summed E-state index contributed by atoms with van der Waals surface area (Å²) in [5.74, 6) is 0.318. The average Bonchev–Trinajstić information content (AvgIpc) is 2.67. The Morgan fingerprint density at radius 3 is 2.44 bits per heavy atom. The number of methoxy groups -OCH3 is 1. The highest BCUT2D eigenvalue weighted by molar-refractivity contribution is 7.98. The molecule has 0 saturated heterocycles. The van der Waals surface area contributed by atoms with Gasteiger partial charge >= 0.3 is 5.97 Å². The molecule has 7 nitrogen and oxygen atoms in total. The van der Waals surface area contributed by atoms with Crippen LogP contribution in [0.3, 0.4) is 0 Å². The first-order chi connectivity index (χ1) is 12.9. The van der Waals surface area contributed by atoms with Crippen LogP contribution in [0.1, 0.15) is 31.8 Å². The highest BCUT2D eigenvalue weighted by atomic mass is 32.2. The van der Waals surface area contributed by atoms with E-state index in [1.165, 1.54) is 24.3 Å². The fourth-order valence-corrected chi connectivity index (χ4v) is 3.12. The number of aryl methyl sites for hydroxylation is 1. The number of nitro benzene ring substituents is 1. The van der Waals surface area contributed by atoms with Gasteiger partial charge in [0.2, 0.25) is 0 Å². The molecule has 0 unspecified atom stereocenters. The molecule has 0 radical (unpaired) electrons. The molecule has 0 aromatic heterocycles. The van der Waals surface area contributed by atoms with E-state index in [1.807, 2.05) is 6.92 Å². The van der Waals surface area contributed by atoms with Gasteiger partial charge in [-0.3, -0.25) is 14.9 Å². The van der Waals surface area contributed by atoms with Gasteiger partial charge in [0.05, 0.1) is 17.6 Å². The molecule has 2 aromatic rings. The quantitative estimate of drug-likeness (QED) is 0.322. The topological polar surface area (TPSA) is 98.5 Å². The molecule has 0 fully saturated rings. The molecule has 1 amide bonds. The van der Waals surface area contributed by atoms with E-state index in [-0.39, 0.29) is 16.8 Å². The van der Waals surface area contributed by atoms with Crippen LogP contribution in [0.15, 0.2) is 42.5 Å².